The predicted octanol–water partition coefficient (Wildman–Crippen LogP) is 5.19. The maximum absolute atomic E-state index is 13.1. The third-order valence-corrected chi connectivity index (χ3v) is 6.49. The van der Waals surface area contributed by atoms with E-state index in [1.54, 1.807) is 12.1 Å². The van der Waals surface area contributed by atoms with Crippen LogP contribution >= 0.6 is 8.53 Å². The molecule has 0 amide bonds. The van der Waals surface area contributed by atoms with Crippen LogP contribution in [0.1, 0.15) is 47.8 Å². The Hall–Kier alpha value is -2.81. The molecule has 4 N–H and O–H groups in total. The van der Waals surface area contributed by atoms with Gasteiger partial charge in [-0.15, -0.1) is 0 Å². The summed E-state index contributed by atoms with van der Waals surface area (Å²) in [6.07, 6.45) is -8.27. The van der Waals surface area contributed by atoms with E-state index in [4.69, 9.17) is 9.84 Å². The van der Waals surface area contributed by atoms with Crippen LogP contribution in [0.15, 0.2) is 53.5 Å². The molecular weight excluding hydrogens is 586 g/mol. The normalized spacial score (nSPS) is 16.1. The van der Waals surface area contributed by atoms with Gasteiger partial charge in [-0.05, 0) is 41.5 Å². The van der Waals surface area contributed by atoms with Gasteiger partial charge in [0.1, 0.15) is 5.82 Å². The van der Waals surface area contributed by atoms with Gasteiger partial charge < -0.3 is 24.6 Å². The first-order valence-corrected chi connectivity index (χ1v) is 13.3. The van der Waals surface area contributed by atoms with Crippen molar-refractivity contribution in [1.82, 2.24) is 14.2 Å². The highest BCUT2D eigenvalue weighted by atomic mass is 31.2. The minimum atomic E-state index is -4.87. The SMILES string of the molecule is CC.O=c1[nH]cc(CN2CCOC[C@@H]2c2ccc(F)cc2)n1P(O)O.OCc1cc(C(F)(F)F)cc(C(F)(F)F)c1. The van der Waals surface area contributed by atoms with Gasteiger partial charge in [0.15, 0.2) is 0 Å². The molecule has 41 heavy (non-hydrogen) atoms. The van der Waals surface area contributed by atoms with Crippen molar-refractivity contribution in [1.29, 1.82) is 0 Å². The minimum absolute atomic E-state index is 0.0131. The van der Waals surface area contributed by atoms with Crippen LogP contribution in [0.5, 0.6) is 0 Å². The van der Waals surface area contributed by atoms with Crippen molar-refractivity contribution in [2.24, 2.45) is 0 Å². The second-order valence-corrected chi connectivity index (χ2v) is 9.29. The van der Waals surface area contributed by atoms with Crippen molar-refractivity contribution >= 4 is 8.53 Å². The highest BCUT2D eigenvalue weighted by molar-refractivity contribution is 7.43. The Labute approximate surface area is 231 Å². The monoisotopic (exact) mass is 615 g/mol. The summed E-state index contributed by atoms with van der Waals surface area (Å²) in [5.74, 6) is -0.303. The number of rotatable bonds is 5. The van der Waals surface area contributed by atoms with E-state index in [0.29, 0.717) is 44.1 Å². The molecule has 0 aliphatic carbocycles. The molecule has 3 aromatic rings. The number of imidazole rings is 1. The second-order valence-electron chi connectivity index (χ2n) is 8.35. The van der Waals surface area contributed by atoms with Crippen LogP contribution in [0.25, 0.3) is 0 Å². The van der Waals surface area contributed by atoms with Crippen molar-refractivity contribution < 1.29 is 50.4 Å². The molecule has 16 heteroatoms. The number of halogens is 7. The lowest BCUT2D eigenvalue weighted by molar-refractivity contribution is -0.143. The van der Waals surface area contributed by atoms with Gasteiger partial charge in [0, 0.05) is 19.3 Å². The fourth-order valence-corrected chi connectivity index (χ4v) is 4.42. The number of aromatic amines is 1. The van der Waals surface area contributed by atoms with Gasteiger partial charge in [0.2, 0.25) is 0 Å². The Bertz CT molecular complexity index is 1260. The van der Waals surface area contributed by atoms with Gasteiger partial charge in [-0.1, -0.05) is 26.0 Å². The molecular formula is C25H29F7N3O5P. The summed E-state index contributed by atoms with van der Waals surface area (Å²) in [6.45, 7) is 5.08. The first kappa shape index (κ1) is 34.4. The number of alkyl halides is 6. The van der Waals surface area contributed by atoms with Crippen molar-refractivity contribution in [3.05, 3.63) is 92.9 Å². The number of ether oxygens (including phenoxy) is 1. The van der Waals surface area contributed by atoms with Crippen molar-refractivity contribution in [3.8, 4) is 0 Å². The highest BCUT2D eigenvalue weighted by Gasteiger charge is 2.36. The number of hydrogen-bond acceptors (Lipinski definition) is 6. The van der Waals surface area contributed by atoms with Crippen LogP contribution in [-0.2, 0) is 30.2 Å². The van der Waals surface area contributed by atoms with Gasteiger partial charge in [0.25, 0.3) is 8.53 Å². The summed E-state index contributed by atoms with van der Waals surface area (Å²) in [4.78, 5) is 35.0. The summed E-state index contributed by atoms with van der Waals surface area (Å²) < 4.78 is 92.9. The third kappa shape index (κ3) is 9.62. The number of aliphatic hydroxyl groups is 1. The first-order chi connectivity index (χ1) is 19.2. The molecule has 0 bridgehead atoms. The maximum atomic E-state index is 13.1. The molecule has 2 aromatic carbocycles. The molecule has 1 atom stereocenters. The van der Waals surface area contributed by atoms with E-state index < -0.39 is 49.9 Å². The smallest absolute Gasteiger partial charge is 0.392 e. The Kier molecular flexibility index (Phi) is 12.5. The van der Waals surface area contributed by atoms with E-state index >= 15 is 0 Å². The van der Waals surface area contributed by atoms with Crippen LogP contribution in [0.4, 0.5) is 30.7 Å². The third-order valence-electron chi connectivity index (χ3n) is 5.69. The Morgan fingerprint density at radius 2 is 1.56 bits per heavy atom. The molecule has 1 aromatic heterocycles. The zero-order valence-corrected chi connectivity index (χ0v) is 22.8. The van der Waals surface area contributed by atoms with E-state index in [1.165, 1.54) is 18.3 Å². The molecule has 228 valence electrons. The summed E-state index contributed by atoms with van der Waals surface area (Å²) in [5, 5.41) is 8.58. The number of H-pyrrole nitrogens is 1. The summed E-state index contributed by atoms with van der Waals surface area (Å²) in [7, 11) is -2.53. The number of aromatic nitrogens is 2. The van der Waals surface area contributed by atoms with E-state index in [1.807, 2.05) is 13.8 Å². The number of nitrogens with one attached hydrogen (secondary N) is 1. The number of morpholine rings is 1. The lowest BCUT2D eigenvalue weighted by Crippen LogP contribution is -2.39. The predicted molar refractivity (Wildman–Crippen MR) is 136 cm³/mol. The Morgan fingerprint density at radius 1 is 1.00 bits per heavy atom. The van der Waals surface area contributed by atoms with E-state index in [-0.39, 0.29) is 17.9 Å². The van der Waals surface area contributed by atoms with Gasteiger partial charge in [-0.25, -0.2) is 13.5 Å². The van der Waals surface area contributed by atoms with Crippen LogP contribution in [0.3, 0.4) is 0 Å². The lowest BCUT2D eigenvalue weighted by atomic mass is 10.0. The molecule has 8 nitrogen and oxygen atoms in total. The lowest BCUT2D eigenvalue weighted by Gasteiger charge is -2.35. The number of aliphatic hydroxyl groups excluding tert-OH is 1. The molecule has 1 fully saturated rings. The van der Waals surface area contributed by atoms with Gasteiger partial charge in [0.05, 0.1) is 42.7 Å². The minimum Gasteiger partial charge on any atom is -0.392 e. The Morgan fingerprint density at radius 3 is 2.05 bits per heavy atom. The van der Waals surface area contributed by atoms with E-state index in [0.717, 1.165) is 9.90 Å². The fourth-order valence-electron chi connectivity index (χ4n) is 3.84. The van der Waals surface area contributed by atoms with E-state index in [2.05, 4.69) is 9.88 Å². The molecule has 0 saturated carbocycles. The zero-order valence-electron chi connectivity index (χ0n) is 21.9. The summed E-state index contributed by atoms with van der Waals surface area (Å²) in [5.41, 5.74) is -2.44. The standard InChI is InChI=1S/C14H17FN3O4P.C9H6F6O.C2H6/c15-11-3-1-10(2-4-11)13-9-22-6-5-17(13)8-12-7-16-14(19)18(12)23(20)21;10-8(11,12)6-1-5(4-16)2-7(3-6)9(13,14)15;1-2/h1-4,7,13,20-21H,5-6,8-9H2,(H,16,19);1-3,16H,4H2;1-2H3/t13-;;/m1../s1. The number of nitrogens with zero attached hydrogens (tertiary/aromatic N) is 2. The topological polar surface area (TPSA) is 111 Å². The maximum Gasteiger partial charge on any atom is 0.416 e. The van der Waals surface area contributed by atoms with Crippen molar-refractivity contribution in [2.75, 3.05) is 19.8 Å². The first-order valence-electron chi connectivity index (χ1n) is 12.1. The second kappa shape index (κ2) is 14.9. The Balaban J connectivity index is 0.000000288. The number of hydrogen-bond donors (Lipinski definition) is 4. The van der Waals surface area contributed by atoms with Gasteiger partial charge in [-0.3, -0.25) is 4.90 Å². The zero-order chi connectivity index (χ0) is 31.0. The van der Waals surface area contributed by atoms with E-state index in [9.17, 15) is 45.3 Å². The van der Waals surface area contributed by atoms with Gasteiger partial charge >= 0.3 is 18.0 Å². The molecule has 1 saturated heterocycles. The number of benzene rings is 2. The highest BCUT2D eigenvalue weighted by Crippen LogP contribution is 2.36. The van der Waals surface area contributed by atoms with Gasteiger partial charge in [-0.2, -0.15) is 26.3 Å². The fraction of sp³-hybridized carbons (Fsp3) is 0.400. The average Bonchev–Trinajstić information content (AvgIpc) is 3.29. The van der Waals surface area contributed by atoms with Crippen LogP contribution in [0.2, 0.25) is 0 Å². The molecule has 0 unspecified atom stereocenters. The molecule has 4 rings (SSSR count). The largest absolute Gasteiger partial charge is 0.416 e. The summed E-state index contributed by atoms with van der Waals surface area (Å²) >= 11 is 0. The summed E-state index contributed by atoms with van der Waals surface area (Å²) in [6, 6.07) is 7.09. The quantitative estimate of drug-likeness (QED) is 0.232. The average molecular weight is 615 g/mol. The molecule has 1 aliphatic heterocycles. The molecule has 0 spiro atoms. The van der Waals surface area contributed by atoms with Crippen molar-refractivity contribution in [3.63, 3.8) is 0 Å². The van der Waals surface area contributed by atoms with Crippen molar-refractivity contribution in [2.45, 2.75) is 45.4 Å². The van der Waals surface area contributed by atoms with Crippen LogP contribution in [0, 0.1) is 5.82 Å². The van der Waals surface area contributed by atoms with Crippen LogP contribution in [-0.4, -0.2) is 48.9 Å². The molecule has 2 heterocycles. The molecule has 0 radical (unpaired) electrons. The van der Waals surface area contributed by atoms with Crippen LogP contribution < -0.4 is 5.69 Å². The molecule has 1 aliphatic rings.